The molecule has 1 amide bonds. The molecule has 0 aliphatic heterocycles. The van der Waals surface area contributed by atoms with Crippen LogP contribution in [0.5, 0.6) is 0 Å². The molecule has 0 aromatic carbocycles. The Hall–Kier alpha value is -2.86. The first-order valence-corrected chi connectivity index (χ1v) is 20.0. The number of ketones is 2. The number of aliphatic carboxylic acids is 2. The molecule has 0 fully saturated rings. The maximum Gasteiger partial charge on any atom is 0.305 e. The molecule has 0 saturated heterocycles. The molecule has 0 bridgehead atoms. The summed E-state index contributed by atoms with van der Waals surface area (Å²) in [6, 6.07) is 0. The molecule has 52 heavy (non-hydrogen) atoms. The van der Waals surface area contributed by atoms with Crippen molar-refractivity contribution in [2.45, 2.75) is 169 Å². The van der Waals surface area contributed by atoms with Gasteiger partial charge in [-0.15, -0.1) is 0 Å². The summed E-state index contributed by atoms with van der Waals surface area (Å²) in [7, 11) is 1.41. The van der Waals surface area contributed by atoms with E-state index in [2.05, 4.69) is 26.1 Å². The fourth-order valence-electron chi connectivity index (χ4n) is 6.15. The number of carbonyl (C=O) groups excluding carboxylic acids is 4. The minimum atomic E-state index is -0.847. The minimum absolute atomic E-state index is 0.0198. The molecule has 0 aliphatic rings. The number of methoxy groups -OCH3 is 1. The molecule has 12 heteroatoms. The Bertz CT molecular complexity index is 923. The number of esters is 1. The van der Waals surface area contributed by atoms with Crippen molar-refractivity contribution in [3.8, 4) is 0 Å². The Morgan fingerprint density at radius 3 is 1.37 bits per heavy atom. The van der Waals surface area contributed by atoms with Gasteiger partial charge in [0.15, 0.2) is 0 Å². The Labute approximate surface area is 315 Å². The van der Waals surface area contributed by atoms with Crippen LogP contribution in [0.1, 0.15) is 169 Å². The van der Waals surface area contributed by atoms with E-state index in [4.69, 9.17) is 26.4 Å². The average Bonchev–Trinajstić information content (AvgIpc) is 3.12. The van der Waals surface area contributed by atoms with Gasteiger partial charge in [0.05, 0.1) is 13.7 Å². The number of hydrogen-bond acceptors (Lipinski definition) is 9. The van der Waals surface area contributed by atoms with E-state index in [1.54, 1.807) is 0 Å². The zero-order valence-corrected chi connectivity index (χ0v) is 33.7. The molecule has 4 unspecified atom stereocenters. The number of amides is 1. The van der Waals surface area contributed by atoms with Crippen molar-refractivity contribution in [1.82, 2.24) is 5.32 Å². The summed E-state index contributed by atoms with van der Waals surface area (Å²) >= 11 is 0. The lowest BCUT2D eigenvalue weighted by atomic mass is 9.83. The first kappa shape index (κ1) is 53.5. The summed E-state index contributed by atoms with van der Waals surface area (Å²) < 4.78 is 4.78. The van der Waals surface area contributed by atoms with Crippen LogP contribution < -0.4 is 16.8 Å². The molecule has 0 radical (unpaired) electrons. The fourth-order valence-corrected chi connectivity index (χ4v) is 6.15. The number of unbranched alkanes of at least 4 members (excludes halogenated alkanes) is 8. The van der Waals surface area contributed by atoms with Crippen molar-refractivity contribution in [2.75, 3.05) is 26.7 Å². The van der Waals surface area contributed by atoms with Gasteiger partial charge in [-0.05, 0) is 49.5 Å². The normalized spacial score (nSPS) is 12.8. The predicted octanol–water partition coefficient (Wildman–Crippen LogP) is 7.23. The molecule has 0 aromatic rings. The van der Waals surface area contributed by atoms with Crippen LogP contribution >= 0.6 is 0 Å². The molecule has 0 saturated carbocycles. The van der Waals surface area contributed by atoms with Crippen LogP contribution in [0.15, 0.2) is 0 Å². The lowest BCUT2D eigenvalue weighted by Gasteiger charge is -2.24. The zero-order valence-electron chi connectivity index (χ0n) is 33.7. The monoisotopic (exact) mass is 744 g/mol. The average molecular weight is 744 g/mol. The molecule has 0 heterocycles. The summed E-state index contributed by atoms with van der Waals surface area (Å²) in [4.78, 5) is 67.1. The lowest BCUT2D eigenvalue weighted by Crippen LogP contribution is -2.29. The van der Waals surface area contributed by atoms with E-state index in [1.165, 1.54) is 45.6 Å². The predicted molar refractivity (Wildman–Crippen MR) is 208 cm³/mol. The van der Waals surface area contributed by atoms with Crippen LogP contribution in [0.25, 0.3) is 0 Å². The number of nitrogens with one attached hydrogen (secondary N) is 1. The summed E-state index contributed by atoms with van der Waals surface area (Å²) in [6.07, 6.45) is 17.5. The molecular formula is C40H77N3O9. The van der Waals surface area contributed by atoms with Crippen LogP contribution in [0, 0.1) is 23.7 Å². The first-order chi connectivity index (χ1) is 24.8. The van der Waals surface area contributed by atoms with Crippen LogP contribution in [-0.4, -0.2) is 72.3 Å². The number of hydrogen-bond donors (Lipinski definition) is 5. The van der Waals surface area contributed by atoms with Crippen molar-refractivity contribution in [2.24, 2.45) is 35.1 Å². The van der Waals surface area contributed by atoms with Gasteiger partial charge in [-0.2, -0.15) is 0 Å². The number of nitrogens with two attached hydrogens (primary N) is 2. The van der Waals surface area contributed by atoms with Gasteiger partial charge in [0.1, 0.15) is 11.6 Å². The highest BCUT2D eigenvalue weighted by molar-refractivity contribution is 5.80. The smallest absolute Gasteiger partial charge is 0.305 e. The standard InChI is InChI=1S/C26H49NO4.C10H18O4.C4H10N2O/c1-5-8-9-10-11-12-14-17-24(28)18-15-13-16-19-27-25(29)20-22(6-2)23(7-3)21-26(30)31-4;1-3-7(5-9(11)12)8(4-2)6-10(13)14;5-2-1-4(7)3-6/h22-23H,5-21H2,1-4H3,(H,27,29);7-8H,3-6H2,1-2H3,(H,11,12)(H,13,14);1-3,5-6H2. The van der Waals surface area contributed by atoms with Gasteiger partial charge in [0.25, 0.3) is 0 Å². The van der Waals surface area contributed by atoms with Crippen LogP contribution in [-0.2, 0) is 33.5 Å². The molecule has 0 aliphatic carbocycles. The summed E-state index contributed by atoms with van der Waals surface area (Å²) in [6.45, 7) is 11.4. The molecule has 4 atom stereocenters. The summed E-state index contributed by atoms with van der Waals surface area (Å²) in [5, 5.41) is 20.3. The number of carboxylic acid groups (broad SMARTS) is 2. The van der Waals surface area contributed by atoms with Crippen molar-refractivity contribution in [1.29, 1.82) is 0 Å². The van der Waals surface area contributed by atoms with E-state index < -0.39 is 11.9 Å². The van der Waals surface area contributed by atoms with Crippen LogP contribution in [0.4, 0.5) is 0 Å². The van der Waals surface area contributed by atoms with Gasteiger partial charge in [-0.25, -0.2) is 0 Å². The second-order valence-electron chi connectivity index (χ2n) is 13.7. The molecule has 0 spiro atoms. The van der Waals surface area contributed by atoms with Crippen molar-refractivity contribution < 1.29 is 43.7 Å². The number of ether oxygens (including phenoxy) is 1. The quantitative estimate of drug-likeness (QED) is 0.0352. The highest BCUT2D eigenvalue weighted by Gasteiger charge is 2.24. The van der Waals surface area contributed by atoms with E-state index >= 15 is 0 Å². The van der Waals surface area contributed by atoms with Gasteiger partial charge in [0, 0.05) is 51.5 Å². The number of carboxylic acids is 2. The summed E-state index contributed by atoms with van der Waals surface area (Å²) in [5.74, 6) is -1.07. The van der Waals surface area contributed by atoms with E-state index in [-0.39, 0.29) is 60.7 Å². The largest absolute Gasteiger partial charge is 0.481 e. The molecule has 7 N–H and O–H groups in total. The topological polar surface area (TPSA) is 216 Å². The van der Waals surface area contributed by atoms with Gasteiger partial charge < -0.3 is 31.7 Å². The zero-order chi connectivity index (χ0) is 40.2. The van der Waals surface area contributed by atoms with Gasteiger partial charge in [-0.3, -0.25) is 28.8 Å². The van der Waals surface area contributed by atoms with E-state index in [0.717, 1.165) is 57.8 Å². The highest BCUT2D eigenvalue weighted by Crippen LogP contribution is 2.27. The van der Waals surface area contributed by atoms with Crippen LogP contribution in [0.2, 0.25) is 0 Å². The minimum Gasteiger partial charge on any atom is -0.481 e. The number of rotatable bonds is 31. The number of carbonyl (C=O) groups is 6. The van der Waals surface area contributed by atoms with Crippen LogP contribution in [0.3, 0.4) is 0 Å². The second-order valence-corrected chi connectivity index (χ2v) is 13.7. The molecule has 12 nitrogen and oxygen atoms in total. The lowest BCUT2D eigenvalue weighted by molar-refractivity contribution is -0.142. The third-order valence-electron chi connectivity index (χ3n) is 9.57. The maximum absolute atomic E-state index is 12.3. The van der Waals surface area contributed by atoms with Gasteiger partial charge >= 0.3 is 17.9 Å². The van der Waals surface area contributed by atoms with Gasteiger partial charge in [0.2, 0.25) is 5.91 Å². The Morgan fingerprint density at radius 2 is 0.981 bits per heavy atom. The second kappa shape index (κ2) is 37.9. The van der Waals surface area contributed by atoms with Crippen molar-refractivity contribution in [3.05, 3.63) is 0 Å². The van der Waals surface area contributed by atoms with E-state index in [0.29, 0.717) is 44.6 Å². The first-order valence-electron chi connectivity index (χ1n) is 20.0. The Kier molecular flexibility index (Phi) is 39.0. The molecule has 0 aromatic heterocycles. The van der Waals surface area contributed by atoms with Crippen molar-refractivity contribution >= 4 is 35.4 Å². The number of Topliss-reactive ketones (excluding diaryl/α,β-unsaturated/α-hetero) is 2. The van der Waals surface area contributed by atoms with E-state index in [9.17, 15) is 28.8 Å². The maximum atomic E-state index is 12.3. The molecular weight excluding hydrogens is 666 g/mol. The third kappa shape index (κ3) is 34.2. The van der Waals surface area contributed by atoms with Crippen molar-refractivity contribution in [3.63, 3.8) is 0 Å². The molecule has 0 rings (SSSR count). The Morgan fingerprint density at radius 1 is 0.558 bits per heavy atom. The highest BCUT2D eigenvalue weighted by atomic mass is 16.5. The van der Waals surface area contributed by atoms with Gasteiger partial charge in [-0.1, -0.05) is 105 Å². The Balaban J connectivity index is -0.000000933. The fraction of sp³-hybridized carbons (Fsp3) is 0.850. The summed E-state index contributed by atoms with van der Waals surface area (Å²) in [5.41, 5.74) is 9.98. The third-order valence-corrected chi connectivity index (χ3v) is 9.57. The SMILES string of the molecule is CCC(CC(=O)O)C(CC)CC(=O)O.CCCCCCCCCC(=O)CCCCCNC(=O)CC(CC)C(CC)CC(=O)OC.NCCC(=O)CN. The molecule has 306 valence electrons. The van der Waals surface area contributed by atoms with E-state index in [1.807, 2.05) is 13.8 Å².